The third-order valence-electron chi connectivity index (χ3n) is 5.59. The molecule has 0 aliphatic carbocycles. The summed E-state index contributed by atoms with van der Waals surface area (Å²) in [4.78, 5) is 28.4. The normalized spacial score (nSPS) is 12.5. The zero-order chi connectivity index (χ0) is 27.2. The van der Waals surface area contributed by atoms with E-state index in [1.165, 1.54) is 17.0 Å². The number of halogens is 1. The van der Waals surface area contributed by atoms with E-state index in [2.05, 4.69) is 21.2 Å². The molecule has 0 unspecified atom stereocenters. The van der Waals surface area contributed by atoms with E-state index >= 15 is 0 Å². The second kappa shape index (κ2) is 11.9. The Balaban J connectivity index is 2.00. The van der Waals surface area contributed by atoms with Crippen LogP contribution >= 0.6 is 15.9 Å². The molecule has 0 spiro atoms. The van der Waals surface area contributed by atoms with Crippen molar-refractivity contribution in [3.63, 3.8) is 0 Å². The summed E-state index contributed by atoms with van der Waals surface area (Å²) < 4.78 is 29.2. The lowest BCUT2D eigenvalue weighted by atomic mass is 10.1. The van der Waals surface area contributed by atoms with Crippen LogP contribution in [0.4, 0.5) is 5.69 Å². The minimum absolute atomic E-state index is 0.0684. The van der Waals surface area contributed by atoms with Crippen LogP contribution in [-0.2, 0) is 26.2 Å². The zero-order valence-corrected chi connectivity index (χ0v) is 23.8. The molecule has 1 N–H and O–H groups in total. The first kappa shape index (κ1) is 28.4. The Bertz CT molecular complexity index is 1310. The maximum atomic E-state index is 13.8. The summed E-state index contributed by atoms with van der Waals surface area (Å²) >= 11 is 3.37. The molecule has 0 saturated heterocycles. The van der Waals surface area contributed by atoms with E-state index in [0.717, 1.165) is 14.3 Å². The van der Waals surface area contributed by atoms with Crippen molar-refractivity contribution < 1.29 is 18.0 Å². The molecule has 0 aliphatic rings. The molecular weight excluding hydrogens is 554 g/mol. The van der Waals surface area contributed by atoms with E-state index in [4.69, 9.17) is 0 Å². The van der Waals surface area contributed by atoms with Gasteiger partial charge in [-0.2, -0.15) is 0 Å². The Morgan fingerprint density at radius 1 is 0.892 bits per heavy atom. The highest BCUT2D eigenvalue weighted by molar-refractivity contribution is 9.10. The molecule has 1 atom stereocenters. The first-order valence-electron chi connectivity index (χ1n) is 11.9. The Kier molecular flexibility index (Phi) is 9.15. The van der Waals surface area contributed by atoms with Gasteiger partial charge in [-0.3, -0.25) is 13.9 Å². The van der Waals surface area contributed by atoms with Crippen LogP contribution in [0, 0.1) is 0 Å². The second-order valence-corrected chi connectivity index (χ2v) is 12.5. The smallest absolute Gasteiger partial charge is 0.264 e. The SMILES string of the molecule is C[C@@H](C(=O)NC(C)(C)C)N(Cc1ccccc1)C(=O)CN(c1ccc(Br)cc1)S(=O)(=O)c1ccccc1. The van der Waals surface area contributed by atoms with Gasteiger partial charge in [0.15, 0.2) is 0 Å². The first-order valence-corrected chi connectivity index (χ1v) is 14.1. The maximum Gasteiger partial charge on any atom is 0.264 e. The lowest BCUT2D eigenvalue weighted by molar-refractivity contribution is -0.140. The van der Waals surface area contributed by atoms with E-state index in [1.807, 2.05) is 51.1 Å². The van der Waals surface area contributed by atoms with Crippen molar-refractivity contribution in [3.05, 3.63) is 95.0 Å². The number of carbonyl (C=O) groups excluding carboxylic acids is 2. The number of benzene rings is 3. The largest absolute Gasteiger partial charge is 0.350 e. The van der Waals surface area contributed by atoms with Crippen molar-refractivity contribution in [2.24, 2.45) is 0 Å². The third-order valence-corrected chi connectivity index (χ3v) is 7.90. The average molecular weight is 587 g/mol. The summed E-state index contributed by atoms with van der Waals surface area (Å²) in [5.41, 5.74) is 0.673. The number of hydrogen-bond acceptors (Lipinski definition) is 4. The lowest BCUT2D eigenvalue weighted by Gasteiger charge is -2.33. The van der Waals surface area contributed by atoms with E-state index in [1.54, 1.807) is 49.4 Å². The molecule has 3 aromatic carbocycles. The number of hydrogen-bond donors (Lipinski definition) is 1. The highest BCUT2D eigenvalue weighted by atomic mass is 79.9. The van der Waals surface area contributed by atoms with Gasteiger partial charge < -0.3 is 10.2 Å². The van der Waals surface area contributed by atoms with Crippen LogP contribution in [0.25, 0.3) is 0 Å². The van der Waals surface area contributed by atoms with Crippen molar-refractivity contribution in [3.8, 4) is 0 Å². The van der Waals surface area contributed by atoms with Gasteiger partial charge in [0.05, 0.1) is 10.6 Å². The fraction of sp³-hybridized carbons (Fsp3) is 0.286. The van der Waals surface area contributed by atoms with Gasteiger partial charge in [-0.1, -0.05) is 64.5 Å². The predicted octanol–water partition coefficient (Wildman–Crippen LogP) is 4.98. The van der Waals surface area contributed by atoms with Crippen molar-refractivity contribution in [2.75, 3.05) is 10.8 Å². The van der Waals surface area contributed by atoms with Crippen LogP contribution < -0.4 is 9.62 Å². The average Bonchev–Trinajstić information content (AvgIpc) is 2.86. The number of sulfonamides is 1. The highest BCUT2D eigenvalue weighted by Gasteiger charge is 2.33. The van der Waals surface area contributed by atoms with Crippen LogP contribution in [0.2, 0.25) is 0 Å². The van der Waals surface area contributed by atoms with Gasteiger partial charge in [-0.15, -0.1) is 0 Å². The van der Waals surface area contributed by atoms with Gasteiger partial charge in [-0.25, -0.2) is 8.42 Å². The maximum absolute atomic E-state index is 13.8. The number of carbonyl (C=O) groups is 2. The molecule has 0 fully saturated rings. The van der Waals surface area contributed by atoms with Gasteiger partial charge in [-0.05, 0) is 69.7 Å². The number of anilines is 1. The van der Waals surface area contributed by atoms with E-state index in [0.29, 0.717) is 5.69 Å². The lowest BCUT2D eigenvalue weighted by Crippen LogP contribution is -2.54. The minimum atomic E-state index is -4.07. The van der Waals surface area contributed by atoms with E-state index in [9.17, 15) is 18.0 Å². The highest BCUT2D eigenvalue weighted by Crippen LogP contribution is 2.26. The van der Waals surface area contributed by atoms with Crippen LogP contribution in [0.1, 0.15) is 33.3 Å². The quantitative estimate of drug-likeness (QED) is 0.384. The number of rotatable bonds is 9. The van der Waals surface area contributed by atoms with Gasteiger partial charge in [0.2, 0.25) is 11.8 Å². The molecule has 0 aliphatic heterocycles. The molecule has 37 heavy (non-hydrogen) atoms. The fourth-order valence-electron chi connectivity index (χ4n) is 3.69. The number of nitrogens with zero attached hydrogens (tertiary/aromatic N) is 2. The molecule has 0 saturated carbocycles. The molecule has 2 amide bonds. The van der Waals surface area contributed by atoms with Crippen LogP contribution in [0.5, 0.6) is 0 Å². The van der Waals surface area contributed by atoms with E-state index in [-0.39, 0.29) is 17.3 Å². The first-order chi connectivity index (χ1) is 17.4. The molecule has 0 bridgehead atoms. The van der Waals surface area contributed by atoms with Crippen LogP contribution in [-0.4, -0.2) is 43.3 Å². The molecule has 3 aromatic rings. The topological polar surface area (TPSA) is 86.8 Å². The van der Waals surface area contributed by atoms with Crippen molar-refractivity contribution in [1.29, 1.82) is 0 Å². The van der Waals surface area contributed by atoms with Gasteiger partial charge in [0, 0.05) is 16.6 Å². The number of nitrogens with one attached hydrogen (secondary N) is 1. The Morgan fingerprint density at radius 2 is 1.43 bits per heavy atom. The van der Waals surface area contributed by atoms with E-state index < -0.39 is 34.1 Å². The van der Waals surface area contributed by atoms with Crippen LogP contribution in [0.3, 0.4) is 0 Å². The molecule has 0 radical (unpaired) electrons. The van der Waals surface area contributed by atoms with Gasteiger partial charge in [0.1, 0.15) is 12.6 Å². The molecular formula is C28H32BrN3O4S. The monoisotopic (exact) mass is 585 g/mol. The van der Waals surface area contributed by atoms with Crippen molar-refractivity contribution >= 4 is 43.5 Å². The molecule has 196 valence electrons. The molecule has 3 rings (SSSR count). The summed E-state index contributed by atoms with van der Waals surface area (Å²) in [6.45, 7) is 6.92. The van der Waals surface area contributed by atoms with Gasteiger partial charge in [0.25, 0.3) is 10.0 Å². The summed E-state index contributed by atoms with van der Waals surface area (Å²) in [6.07, 6.45) is 0. The van der Waals surface area contributed by atoms with Crippen molar-refractivity contribution in [2.45, 2.75) is 50.7 Å². The standard InChI is InChI=1S/C28H32BrN3O4S/c1-21(27(34)30-28(2,3)4)31(19-22-11-7-5-8-12-22)26(33)20-32(24-17-15-23(29)16-18-24)37(35,36)25-13-9-6-10-14-25/h5-18,21H,19-20H2,1-4H3,(H,30,34)/t21-/m0/s1. The molecule has 0 heterocycles. The fourth-order valence-corrected chi connectivity index (χ4v) is 5.39. The molecule has 9 heteroatoms. The second-order valence-electron chi connectivity index (χ2n) is 9.72. The summed E-state index contributed by atoms with van der Waals surface area (Å²) in [5, 5.41) is 2.92. The van der Waals surface area contributed by atoms with Crippen LogP contribution in [0.15, 0.2) is 94.3 Å². The van der Waals surface area contributed by atoms with Crippen molar-refractivity contribution in [1.82, 2.24) is 10.2 Å². The Labute approximate surface area is 227 Å². The number of amides is 2. The minimum Gasteiger partial charge on any atom is -0.350 e. The molecule has 0 aromatic heterocycles. The molecule has 7 nitrogen and oxygen atoms in total. The summed E-state index contributed by atoms with van der Waals surface area (Å²) in [7, 11) is -4.07. The van der Waals surface area contributed by atoms with Gasteiger partial charge >= 0.3 is 0 Å². The predicted molar refractivity (Wildman–Crippen MR) is 149 cm³/mol. The Morgan fingerprint density at radius 3 is 1.97 bits per heavy atom. The Hall–Kier alpha value is -3.17. The summed E-state index contributed by atoms with van der Waals surface area (Å²) in [5.74, 6) is -0.819. The zero-order valence-electron chi connectivity index (χ0n) is 21.4. The summed E-state index contributed by atoms with van der Waals surface area (Å²) in [6, 6.07) is 23.1. The third kappa shape index (κ3) is 7.66.